The molecule has 2 heterocycles. The molecular weight excluding hydrogens is 357 g/mol. The highest BCUT2D eigenvalue weighted by Gasteiger charge is 2.23. The van der Waals surface area contributed by atoms with Crippen molar-refractivity contribution in [3.63, 3.8) is 0 Å². The number of hydrogen-bond donors (Lipinski definition) is 1. The van der Waals surface area contributed by atoms with Gasteiger partial charge in [-0.25, -0.2) is 9.18 Å². The Morgan fingerprint density at radius 2 is 2.04 bits per heavy atom. The van der Waals surface area contributed by atoms with E-state index in [0.717, 1.165) is 40.8 Å². The van der Waals surface area contributed by atoms with Crippen molar-refractivity contribution >= 4 is 5.97 Å². The van der Waals surface area contributed by atoms with Crippen LogP contribution in [0.5, 0.6) is 5.75 Å². The first-order valence-electron chi connectivity index (χ1n) is 9.30. The highest BCUT2D eigenvalue weighted by molar-refractivity contribution is 5.89. The van der Waals surface area contributed by atoms with Gasteiger partial charge in [-0.15, -0.1) is 0 Å². The third kappa shape index (κ3) is 3.74. The Morgan fingerprint density at radius 3 is 2.86 bits per heavy atom. The molecule has 0 radical (unpaired) electrons. The highest BCUT2D eigenvalue weighted by Crippen LogP contribution is 2.39. The monoisotopic (exact) mass is 377 g/mol. The molecule has 0 fully saturated rings. The van der Waals surface area contributed by atoms with Crippen LogP contribution in [0.15, 0.2) is 60.9 Å². The number of aromatic carboxylic acids is 1. The second-order valence-corrected chi connectivity index (χ2v) is 6.97. The van der Waals surface area contributed by atoms with E-state index in [1.54, 1.807) is 18.3 Å². The van der Waals surface area contributed by atoms with E-state index in [1.807, 2.05) is 24.3 Å². The minimum absolute atomic E-state index is 0.264. The molecule has 3 aromatic rings. The minimum atomic E-state index is -0.926. The summed E-state index contributed by atoms with van der Waals surface area (Å²) < 4.78 is 19.4. The van der Waals surface area contributed by atoms with Gasteiger partial charge in [0.15, 0.2) is 0 Å². The summed E-state index contributed by atoms with van der Waals surface area (Å²) in [5.74, 6) is -0.0842. The van der Waals surface area contributed by atoms with Gasteiger partial charge in [0, 0.05) is 12.4 Å². The number of rotatable bonds is 5. The third-order valence-electron chi connectivity index (χ3n) is 5.23. The smallest absolute Gasteiger partial charge is 0.336 e. The third-order valence-corrected chi connectivity index (χ3v) is 5.23. The van der Waals surface area contributed by atoms with Crippen molar-refractivity contribution in [2.75, 3.05) is 6.61 Å². The molecule has 0 bridgehead atoms. The lowest BCUT2D eigenvalue weighted by atomic mass is 9.86. The zero-order chi connectivity index (χ0) is 19.5. The van der Waals surface area contributed by atoms with Crippen molar-refractivity contribution in [2.24, 2.45) is 0 Å². The predicted molar refractivity (Wildman–Crippen MR) is 104 cm³/mol. The van der Waals surface area contributed by atoms with Crippen LogP contribution in [-0.2, 0) is 6.42 Å². The molecule has 4 rings (SSSR count). The molecule has 142 valence electrons. The van der Waals surface area contributed by atoms with Gasteiger partial charge in [-0.05, 0) is 71.7 Å². The molecule has 4 nitrogen and oxygen atoms in total. The molecule has 5 heteroatoms. The number of ether oxygens (including phenoxy) is 1. The van der Waals surface area contributed by atoms with Gasteiger partial charge in [0.25, 0.3) is 0 Å². The molecule has 0 spiro atoms. The zero-order valence-electron chi connectivity index (χ0n) is 15.3. The number of benzene rings is 2. The number of carboxylic acids is 1. The zero-order valence-corrected chi connectivity index (χ0v) is 15.3. The van der Waals surface area contributed by atoms with Gasteiger partial charge in [0.05, 0.1) is 12.2 Å². The van der Waals surface area contributed by atoms with Crippen LogP contribution in [0.3, 0.4) is 0 Å². The van der Waals surface area contributed by atoms with Gasteiger partial charge in [-0.2, -0.15) is 0 Å². The molecule has 0 saturated carbocycles. The predicted octanol–water partition coefficient (Wildman–Crippen LogP) is 5.08. The quantitative estimate of drug-likeness (QED) is 0.673. The molecule has 1 N–H and O–H groups in total. The summed E-state index contributed by atoms with van der Waals surface area (Å²) in [6.07, 6.45) is 5.49. The van der Waals surface area contributed by atoms with Crippen molar-refractivity contribution in [1.82, 2.24) is 4.98 Å². The molecule has 1 aliphatic rings. The van der Waals surface area contributed by atoms with Crippen LogP contribution in [0, 0.1) is 5.82 Å². The van der Waals surface area contributed by atoms with Crippen molar-refractivity contribution < 1.29 is 19.0 Å². The summed E-state index contributed by atoms with van der Waals surface area (Å²) in [7, 11) is 0. The van der Waals surface area contributed by atoms with Gasteiger partial charge >= 0.3 is 5.97 Å². The summed E-state index contributed by atoms with van der Waals surface area (Å²) in [6, 6.07) is 14.0. The van der Waals surface area contributed by atoms with Gasteiger partial charge in [-0.3, -0.25) is 4.98 Å². The topological polar surface area (TPSA) is 59.4 Å². The normalized spacial score (nSPS) is 15.5. The molecular formula is C23H20FNO3. The largest absolute Gasteiger partial charge is 0.493 e. The Morgan fingerprint density at radius 1 is 1.18 bits per heavy atom. The van der Waals surface area contributed by atoms with E-state index in [2.05, 4.69) is 4.98 Å². The lowest BCUT2D eigenvalue weighted by Crippen LogP contribution is -2.15. The Balaban J connectivity index is 1.55. The van der Waals surface area contributed by atoms with Crippen LogP contribution in [0.1, 0.15) is 40.2 Å². The Labute approximate surface area is 162 Å². The first-order chi connectivity index (χ1) is 13.6. The maximum atomic E-state index is 13.5. The number of carboxylic acid groups (broad SMARTS) is 1. The van der Waals surface area contributed by atoms with Gasteiger partial charge in [0.2, 0.25) is 0 Å². The Hall–Kier alpha value is -3.21. The van der Waals surface area contributed by atoms with E-state index in [0.29, 0.717) is 18.6 Å². The van der Waals surface area contributed by atoms with Crippen LogP contribution in [0.2, 0.25) is 0 Å². The molecule has 1 aliphatic heterocycles. The average Bonchev–Trinajstić information content (AvgIpc) is 2.72. The number of aryl methyl sites for hydroxylation is 1. The number of carbonyl (C=O) groups is 1. The maximum Gasteiger partial charge on any atom is 0.336 e. The summed E-state index contributed by atoms with van der Waals surface area (Å²) >= 11 is 0. The van der Waals surface area contributed by atoms with E-state index < -0.39 is 5.97 Å². The lowest BCUT2D eigenvalue weighted by Gasteiger charge is -2.26. The molecule has 0 saturated heterocycles. The summed E-state index contributed by atoms with van der Waals surface area (Å²) in [5.41, 5.74) is 3.91. The number of halogens is 1. The number of aromatic nitrogens is 1. The van der Waals surface area contributed by atoms with Crippen molar-refractivity contribution in [3.05, 3.63) is 83.4 Å². The highest BCUT2D eigenvalue weighted by atomic mass is 19.1. The average molecular weight is 377 g/mol. The Bertz CT molecular complexity index is 1020. The van der Waals surface area contributed by atoms with Crippen LogP contribution in [0.4, 0.5) is 4.39 Å². The second kappa shape index (κ2) is 7.80. The van der Waals surface area contributed by atoms with E-state index in [9.17, 15) is 14.3 Å². The maximum absolute atomic E-state index is 13.5. The fourth-order valence-corrected chi connectivity index (χ4v) is 3.78. The van der Waals surface area contributed by atoms with E-state index in [-0.39, 0.29) is 11.7 Å². The first-order valence-corrected chi connectivity index (χ1v) is 9.30. The SMILES string of the molecule is O=C(O)c1ccncc1CC[C@H]1CCOc2cc(-c3cccc(F)c3)ccc21. The lowest BCUT2D eigenvalue weighted by molar-refractivity contribution is 0.0695. The first kappa shape index (κ1) is 18.2. The van der Waals surface area contributed by atoms with Crippen LogP contribution in [-0.4, -0.2) is 22.7 Å². The number of nitrogens with zero attached hydrogens (tertiary/aromatic N) is 1. The van der Waals surface area contributed by atoms with Gasteiger partial charge in [-0.1, -0.05) is 24.3 Å². The second-order valence-electron chi connectivity index (χ2n) is 6.97. The molecule has 0 aliphatic carbocycles. The van der Waals surface area contributed by atoms with Crippen LogP contribution < -0.4 is 4.74 Å². The molecule has 2 aromatic carbocycles. The van der Waals surface area contributed by atoms with E-state index in [4.69, 9.17) is 4.74 Å². The summed E-state index contributed by atoms with van der Waals surface area (Å²) in [6.45, 7) is 0.614. The molecule has 28 heavy (non-hydrogen) atoms. The van der Waals surface area contributed by atoms with E-state index >= 15 is 0 Å². The van der Waals surface area contributed by atoms with E-state index in [1.165, 1.54) is 18.3 Å². The number of hydrogen-bond acceptors (Lipinski definition) is 3. The number of pyridine rings is 1. The fraction of sp³-hybridized carbons (Fsp3) is 0.217. The molecule has 0 amide bonds. The standard InChI is InChI=1S/C23H20FNO3/c24-19-3-1-2-16(12-19)17-6-7-20-15(9-11-28-22(20)13-17)4-5-18-14-25-10-8-21(18)23(26)27/h1-3,6-8,10,12-15H,4-5,9,11H2,(H,26,27)/t15-/m0/s1. The molecule has 1 atom stereocenters. The minimum Gasteiger partial charge on any atom is -0.493 e. The molecule has 1 aromatic heterocycles. The molecule has 0 unspecified atom stereocenters. The van der Waals surface area contributed by atoms with Crippen molar-refractivity contribution in [1.29, 1.82) is 0 Å². The number of fused-ring (bicyclic) bond motifs is 1. The van der Waals surface area contributed by atoms with Crippen molar-refractivity contribution in [2.45, 2.75) is 25.2 Å². The Kier molecular flexibility index (Phi) is 5.06. The van der Waals surface area contributed by atoms with Gasteiger partial charge < -0.3 is 9.84 Å². The van der Waals surface area contributed by atoms with Crippen LogP contribution >= 0.6 is 0 Å². The van der Waals surface area contributed by atoms with Crippen LogP contribution in [0.25, 0.3) is 11.1 Å². The summed E-state index contributed by atoms with van der Waals surface area (Å²) in [5, 5.41) is 9.34. The van der Waals surface area contributed by atoms with Gasteiger partial charge in [0.1, 0.15) is 11.6 Å². The summed E-state index contributed by atoms with van der Waals surface area (Å²) in [4.78, 5) is 15.5. The van der Waals surface area contributed by atoms with Crippen molar-refractivity contribution in [3.8, 4) is 16.9 Å². The fourth-order valence-electron chi connectivity index (χ4n) is 3.78.